The molecule has 1 heterocycles. The average Bonchev–Trinajstić information content (AvgIpc) is 3.09. The lowest BCUT2D eigenvalue weighted by Gasteiger charge is -2.14. The van der Waals surface area contributed by atoms with Crippen LogP contribution in [0.2, 0.25) is 0 Å². The number of benzene rings is 3. The van der Waals surface area contributed by atoms with Crippen LogP contribution >= 0.6 is 0 Å². The minimum Gasteiger partial charge on any atom is -0.493 e. The zero-order valence-electron chi connectivity index (χ0n) is 18.4. The smallest absolute Gasteiger partial charge is 0.311 e. The van der Waals surface area contributed by atoms with Crippen LogP contribution in [0.5, 0.6) is 17.2 Å². The van der Waals surface area contributed by atoms with Crippen LogP contribution in [-0.4, -0.2) is 31.5 Å². The molecule has 0 fully saturated rings. The predicted molar refractivity (Wildman–Crippen MR) is 122 cm³/mol. The van der Waals surface area contributed by atoms with Gasteiger partial charge in [-0.3, -0.25) is 14.4 Å². The number of aryl methyl sites for hydroxylation is 1. The van der Waals surface area contributed by atoms with Crippen LogP contribution in [0.25, 0.3) is 0 Å². The van der Waals surface area contributed by atoms with Crippen molar-refractivity contribution >= 4 is 23.5 Å². The normalized spacial score (nSPS) is 12.5. The van der Waals surface area contributed by atoms with Gasteiger partial charge in [0.25, 0.3) is 11.8 Å². The van der Waals surface area contributed by atoms with E-state index in [1.165, 1.54) is 0 Å². The predicted octanol–water partition coefficient (Wildman–Crippen LogP) is 4.43. The first-order valence-corrected chi connectivity index (χ1v) is 10.6. The second-order valence-electron chi connectivity index (χ2n) is 7.38. The molecule has 2 amide bonds. The molecule has 3 aromatic rings. The molecule has 0 aliphatic carbocycles. The van der Waals surface area contributed by atoms with Crippen molar-refractivity contribution < 1.29 is 28.6 Å². The maximum atomic E-state index is 12.6. The van der Waals surface area contributed by atoms with E-state index in [-0.39, 0.29) is 18.2 Å². The quantitative estimate of drug-likeness (QED) is 0.290. The van der Waals surface area contributed by atoms with Gasteiger partial charge in [-0.1, -0.05) is 18.2 Å². The summed E-state index contributed by atoms with van der Waals surface area (Å²) in [5, 5.41) is 0. The third-order valence-electron chi connectivity index (χ3n) is 5.27. The molecule has 7 nitrogen and oxygen atoms in total. The van der Waals surface area contributed by atoms with E-state index in [9.17, 15) is 14.4 Å². The van der Waals surface area contributed by atoms with Gasteiger partial charge in [0.15, 0.2) is 11.5 Å². The summed E-state index contributed by atoms with van der Waals surface area (Å²) in [4.78, 5) is 38.6. The molecule has 33 heavy (non-hydrogen) atoms. The fourth-order valence-electron chi connectivity index (χ4n) is 3.66. The van der Waals surface area contributed by atoms with Gasteiger partial charge >= 0.3 is 5.97 Å². The van der Waals surface area contributed by atoms with E-state index in [1.807, 2.05) is 25.1 Å². The first kappa shape index (κ1) is 22.1. The van der Waals surface area contributed by atoms with Gasteiger partial charge in [0.1, 0.15) is 5.75 Å². The van der Waals surface area contributed by atoms with Crippen molar-refractivity contribution in [2.45, 2.75) is 19.8 Å². The maximum absolute atomic E-state index is 12.6. The van der Waals surface area contributed by atoms with Gasteiger partial charge in [-0.25, -0.2) is 4.90 Å². The van der Waals surface area contributed by atoms with Crippen LogP contribution in [0.3, 0.4) is 0 Å². The second-order valence-corrected chi connectivity index (χ2v) is 7.38. The van der Waals surface area contributed by atoms with Crippen molar-refractivity contribution in [3.8, 4) is 17.2 Å². The molecule has 0 saturated carbocycles. The van der Waals surface area contributed by atoms with E-state index in [2.05, 4.69) is 0 Å². The molecular formula is C26H23NO6. The molecule has 168 valence electrons. The Kier molecular flexibility index (Phi) is 6.40. The fraction of sp³-hybridized carbons (Fsp3) is 0.192. The Morgan fingerprint density at radius 1 is 0.879 bits per heavy atom. The van der Waals surface area contributed by atoms with E-state index >= 15 is 0 Å². The Hall–Kier alpha value is -4.13. The van der Waals surface area contributed by atoms with Gasteiger partial charge in [-0.15, -0.1) is 0 Å². The number of methoxy groups -OCH3 is 1. The molecule has 0 bridgehead atoms. The minimum absolute atomic E-state index is 0.178. The third-order valence-corrected chi connectivity index (χ3v) is 5.27. The van der Waals surface area contributed by atoms with Crippen LogP contribution in [0.1, 0.15) is 39.6 Å². The van der Waals surface area contributed by atoms with Crippen molar-refractivity contribution in [1.29, 1.82) is 0 Å². The molecule has 4 rings (SSSR count). The zero-order chi connectivity index (χ0) is 23.4. The SMILES string of the molecule is CCOc1ccc(CCC(=O)Oc2ccc(N3C(=O)c4ccccc4C3=O)cc2)cc1OC. The zero-order valence-corrected chi connectivity index (χ0v) is 18.4. The van der Waals surface area contributed by atoms with Gasteiger partial charge in [0.2, 0.25) is 0 Å². The first-order valence-electron chi connectivity index (χ1n) is 10.6. The Balaban J connectivity index is 1.36. The number of carbonyl (C=O) groups excluding carboxylic acids is 3. The summed E-state index contributed by atoms with van der Waals surface area (Å²) < 4.78 is 16.2. The summed E-state index contributed by atoms with van der Waals surface area (Å²) >= 11 is 0. The van der Waals surface area contributed by atoms with Crippen LogP contribution in [0.15, 0.2) is 66.7 Å². The molecule has 7 heteroatoms. The van der Waals surface area contributed by atoms with Gasteiger partial charge in [-0.2, -0.15) is 0 Å². The summed E-state index contributed by atoms with van der Waals surface area (Å²) in [6, 6.07) is 18.6. The Bertz CT molecular complexity index is 1170. The number of imide groups is 1. The average molecular weight is 445 g/mol. The number of hydrogen-bond donors (Lipinski definition) is 0. The van der Waals surface area contributed by atoms with Crippen molar-refractivity contribution in [2.24, 2.45) is 0 Å². The van der Waals surface area contributed by atoms with E-state index in [1.54, 1.807) is 55.6 Å². The summed E-state index contributed by atoms with van der Waals surface area (Å²) in [6.45, 7) is 2.43. The summed E-state index contributed by atoms with van der Waals surface area (Å²) in [6.07, 6.45) is 0.659. The van der Waals surface area contributed by atoms with Gasteiger partial charge in [0, 0.05) is 6.42 Å². The molecule has 0 spiro atoms. The number of ether oxygens (including phenoxy) is 3. The van der Waals surface area contributed by atoms with E-state index in [4.69, 9.17) is 14.2 Å². The summed E-state index contributed by atoms with van der Waals surface area (Å²) in [5.74, 6) is 0.481. The standard InChI is InChI=1S/C26H23NO6/c1-3-32-22-14-8-17(16-23(22)31-2)9-15-24(28)33-19-12-10-18(11-13-19)27-25(29)20-6-4-5-7-21(20)26(27)30/h4-8,10-14,16H,3,9,15H2,1-2H3. The molecule has 1 aliphatic heterocycles. The lowest BCUT2D eigenvalue weighted by Crippen LogP contribution is -2.29. The van der Waals surface area contributed by atoms with Crippen molar-refractivity contribution in [3.05, 3.63) is 83.4 Å². The first-order chi connectivity index (χ1) is 16.0. The highest BCUT2D eigenvalue weighted by Gasteiger charge is 2.36. The molecule has 0 atom stereocenters. The summed E-state index contributed by atoms with van der Waals surface area (Å²) in [5.41, 5.74) is 2.10. The molecular weight excluding hydrogens is 422 g/mol. The lowest BCUT2D eigenvalue weighted by atomic mass is 10.1. The number of fused-ring (bicyclic) bond motifs is 1. The highest BCUT2D eigenvalue weighted by Crippen LogP contribution is 2.30. The molecule has 3 aromatic carbocycles. The number of anilines is 1. The van der Waals surface area contributed by atoms with Crippen molar-refractivity contribution in [3.63, 3.8) is 0 Å². The number of carbonyl (C=O) groups is 3. The number of nitrogens with zero attached hydrogens (tertiary/aromatic N) is 1. The van der Waals surface area contributed by atoms with Gasteiger partial charge < -0.3 is 14.2 Å². The van der Waals surface area contributed by atoms with E-state index < -0.39 is 5.97 Å². The Morgan fingerprint density at radius 2 is 1.55 bits per heavy atom. The van der Waals surface area contributed by atoms with Gasteiger partial charge in [-0.05, 0) is 67.4 Å². The molecule has 0 N–H and O–H groups in total. The van der Waals surface area contributed by atoms with E-state index in [0.717, 1.165) is 10.5 Å². The third kappa shape index (κ3) is 4.57. The monoisotopic (exact) mass is 445 g/mol. The molecule has 1 aliphatic rings. The maximum Gasteiger partial charge on any atom is 0.311 e. The number of hydrogen-bond acceptors (Lipinski definition) is 6. The Morgan fingerprint density at radius 3 is 2.15 bits per heavy atom. The second kappa shape index (κ2) is 9.56. The molecule has 0 saturated heterocycles. The van der Waals surface area contributed by atoms with Crippen LogP contribution in [0.4, 0.5) is 5.69 Å². The van der Waals surface area contributed by atoms with E-state index in [0.29, 0.717) is 47.1 Å². The van der Waals surface area contributed by atoms with Crippen LogP contribution in [-0.2, 0) is 11.2 Å². The highest BCUT2D eigenvalue weighted by atomic mass is 16.5. The lowest BCUT2D eigenvalue weighted by molar-refractivity contribution is -0.134. The van der Waals surface area contributed by atoms with Crippen LogP contribution in [0, 0.1) is 0 Å². The summed E-state index contributed by atoms with van der Waals surface area (Å²) in [7, 11) is 1.57. The number of rotatable bonds is 8. The number of amides is 2. The van der Waals surface area contributed by atoms with Crippen molar-refractivity contribution in [2.75, 3.05) is 18.6 Å². The largest absolute Gasteiger partial charge is 0.493 e. The number of esters is 1. The highest BCUT2D eigenvalue weighted by molar-refractivity contribution is 6.34. The van der Waals surface area contributed by atoms with Crippen molar-refractivity contribution in [1.82, 2.24) is 0 Å². The Labute approximate surface area is 191 Å². The van der Waals surface area contributed by atoms with Crippen LogP contribution < -0.4 is 19.1 Å². The molecule has 0 aromatic heterocycles. The topological polar surface area (TPSA) is 82.1 Å². The van der Waals surface area contributed by atoms with Gasteiger partial charge in [0.05, 0.1) is 30.5 Å². The minimum atomic E-state index is -0.392. The molecule has 0 radical (unpaired) electrons. The fourth-order valence-corrected chi connectivity index (χ4v) is 3.66. The molecule has 0 unspecified atom stereocenters.